The average molecular weight is 592 g/mol. The Balaban J connectivity index is 1.39. The van der Waals surface area contributed by atoms with Crippen molar-refractivity contribution in [2.45, 2.75) is 31.9 Å². The van der Waals surface area contributed by atoms with Crippen LogP contribution in [-0.2, 0) is 25.0 Å². The Labute approximate surface area is 251 Å². The largest absolute Gasteiger partial charge is 0.392 e. The van der Waals surface area contributed by atoms with Crippen molar-refractivity contribution in [2.75, 3.05) is 5.32 Å². The molecule has 0 saturated heterocycles. The van der Waals surface area contributed by atoms with E-state index in [0.717, 1.165) is 24.0 Å². The summed E-state index contributed by atoms with van der Waals surface area (Å²) < 4.78 is 17.9. The number of aromatic nitrogens is 3. The highest BCUT2D eigenvalue weighted by atomic mass is 19.1. The highest BCUT2D eigenvalue weighted by Gasteiger charge is 2.25. The van der Waals surface area contributed by atoms with E-state index in [0.29, 0.717) is 39.5 Å². The van der Waals surface area contributed by atoms with Gasteiger partial charge in [0, 0.05) is 42.8 Å². The molecule has 1 aliphatic carbocycles. The third-order valence-electron chi connectivity index (χ3n) is 7.79. The van der Waals surface area contributed by atoms with Crippen molar-refractivity contribution in [2.24, 2.45) is 7.05 Å². The van der Waals surface area contributed by atoms with E-state index in [2.05, 4.69) is 22.2 Å². The number of rotatable bonds is 9. The molecule has 5 aromatic rings. The molecule has 44 heavy (non-hydrogen) atoms. The van der Waals surface area contributed by atoms with Crippen molar-refractivity contribution in [1.82, 2.24) is 19.4 Å². The van der Waals surface area contributed by atoms with E-state index in [9.17, 15) is 19.5 Å². The second kappa shape index (κ2) is 11.7. The summed E-state index contributed by atoms with van der Waals surface area (Å²) in [5, 5.41) is 16.8. The summed E-state index contributed by atoms with van der Waals surface area (Å²) >= 11 is 0. The zero-order valence-electron chi connectivity index (χ0n) is 24.0. The lowest BCUT2D eigenvalue weighted by Gasteiger charge is -2.17. The Kier molecular flexibility index (Phi) is 7.67. The van der Waals surface area contributed by atoms with Crippen LogP contribution in [-0.4, -0.2) is 25.1 Å². The van der Waals surface area contributed by atoms with Crippen LogP contribution >= 0.6 is 0 Å². The molecule has 0 unspecified atom stereocenters. The van der Waals surface area contributed by atoms with Crippen molar-refractivity contribution in [3.05, 3.63) is 129 Å². The normalized spacial score (nSPS) is 12.7. The van der Waals surface area contributed by atoms with Gasteiger partial charge in [0.2, 0.25) is 5.91 Å². The van der Waals surface area contributed by atoms with Crippen LogP contribution in [0.1, 0.15) is 35.4 Å². The van der Waals surface area contributed by atoms with E-state index in [-0.39, 0.29) is 29.2 Å². The van der Waals surface area contributed by atoms with Gasteiger partial charge in [0.1, 0.15) is 5.82 Å². The first kappa shape index (κ1) is 28.8. The molecule has 6 rings (SSSR count). The first-order valence-corrected chi connectivity index (χ1v) is 14.2. The Morgan fingerprint density at radius 2 is 1.91 bits per heavy atom. The molecule has 1 amide bonds. The van der Waals surface area contributed by atoms with Crippen molar-refractivity contribution in [1.29, 1.82) is 0 Å². The van der Waals surface area contributed by atoms with Gasteiger partial charge in [0.25, 0.3) is 11.1 Å². The number of pyridine rings is 1. The fraction of sp³-hybridized carbons (Fsp3) is 0.176. The number of carbonyl (C=O) groups is 1. The van der Waals surface area contributed by atoms with Gasteiger partial charge in [0.15, 0.2) is 5.82 Å². The first-order valence-electron chi connectivity index (χ1n) is 14.2. The number of halogens is 1. The molecule has 2 aromatic heterocycles. The molecular formula is C34H30FN5O4. The summed E-state index contributed by atoms with van der Waals surface area (Å²) in [6, 6.07) is 17.3. The van der Waals surface area contributed by atoms with Crippen LogP contribution in [0.25, 0.3) is 27.7 Å². The maximum atomic E-state index is 15.2. The molecule has 1 fully saturated rings. The number of fused-ring (bicyclic) bond motifs is 1. The second-order valence-electron chi connectivity index (χ2n) is 10.8. The van der Waals surface area contributed by atoms with Crippen LogP contribution in [0.3, 0.4) is 0 Å². The minimum Gasteiger partial charge on any atom is -0.392 e. The zero-order chi connectivity index (χ0) is 31.0. The number of hydrogen-bond acceptors (Lipinski definition) is 6. The van der Waals surface area contributed by atoms with E-state index in [1.54, 1.807) is 61.9 Å². The quantitative estimate of drug-likeness (QED) is 0.212. The van der Waals surface area contributed by atoms with Gasteiger partial charge in [-0.05, 0) is 71.7 Å². The predicted molar refractivity (Wildman–Crippen MR) is 168 cm³/mol. The summed E-state index contributed by atoms with van der Waals surface area (Å²) in [6.45, 7) is 3.28. The van der Waals surface area contributed by atoms with Gasteiger partial charge in [-0.15, -0.1) is 0 Å². The lowest BCUT2D eigenvalue weighted by atomic mass is 10.0. The number of nitrogens with zero attached hydrogens (tertiary/aromatic N) is 3. The molecule has 0 spiro atoms. The van der Waals surface area contributed by atoms with Gasteiger partial charge in [-0.3, -0.25) is 19.0 Å². The van der Waals surface area contributed by atoms with Gasteiger partial charge in [-0.1, -0.05) is 36.9 Å². The summed E-state index contributed by atoms with van der Waals surface area (Å²) in [6.07, 6.45) is 6.37. The lowest BCUT2D eigenvalue weighted by molar-refractivity contribution is -0.116. The number of benzene rings is 3. The highest BCUT2D eigenvalue weighted by molar-refractivity contribution is 5.86. The molecule has 3 aromatic carbocycles. The summed E-state index contributed by atoms with van der Waals surface area (Å²) in [4.78, 5) is 42.8. The van der Waals surface area contributed by atoms with E-state index < -0.39 is 18.0 Å². The van der Waals surface area contributed by atoms with Gasteiger partial charge < -0.3 is 20.3 Å². The minimum absolute atomic E-state index is 0.01000. The number of aliphatic hydroxyl groups is 1. The smallest absolute Gasteiger partial charge is 0.293 e. The van der Waals surface area contributed by atoms with Crippen LogP contribution in [0.5, 0.6) is 0 Å². The van der Waals surface area contributed by atoms with E-state index in [4.69, 9.17) is 0 Å². The van der Waals surface area contributed by atoms with Crippen LogP contribution < -0.4 is 21.8 Å². The van der Waals surface area contributed by atoms with E-state index >= 15 is 4.39 Å². The molecule has 10 heteroatoms. The fourth-order valence-corrected chi connectivity index (χ4v) is 5.37. The number of anilines is 2. The van der Waals surface area contributed by atoms with E-state index in [1.807, 2.05) is 12.1 Å². The average Bonchev–Trinajstić information content (AvgIpc) is 3.88. The molecule has 1 saturated carbocycles. The van der Waals surface area contributed by atoms with E-state index in [1.165, 1.54) is 21.3 Å². The SMILES string of the molecule is C=CC(=O)NCc1cccc(Nc2nc(-c3cccc(-n4ccc5cc(C6CC6)cc(F)c5c4=O)c3CO)cn(C)c2=O)c1. The molecule has 3 N–H and O–H groups in total. The zero-order valence-corrected chi connectivity index (χ0v) is 24.0. The first-order chi connectivity index (χ1) is 21.3. The Morgan fingerprint density at radius 3 is 2.66 bits per heavy atom. The predicted octanol–water partition coefficient (Wildman–Crippen LogP) is 4.81. The van der Waals surface area contributed by atoms with Crippen LogP contribution in [0, 0.1) is 5.82 Å². The molecule has 0 radical (unpaired) electrons. The summed E-state index contributed by atoms with van der Waals surface area (Å²) in [5.41, 5.74) is 3.02. The summed E-state index contributed by atoms with van der Waals surface area (Å²) in [5.74, 6) is -0.472. The monoisotopic (exact) mass is 591 g/mol. The van der Waals surface area contributed by atoms with Crippen molar-refractivity contribution in [3.8, 4) is 16.9 Å². The number of aliphatic hydroxyl groups excluding tert-OH is 1. The number of aryl methyl sites for hydroxylation is 1. The fourth-order valence-electron chi connectivity index (χ4n) is 5.37. The van der Waals surface area contributed by atoms with Crippen LogP contribution in [0.15, 0.2) is 95.3 Å². The van der Waals surface area contributed by atoms with Crippen LogP contribution in [0.2, 0.25) is 0 Å². The third-order valence-corrected chi connectivity index (χ3v) is 7.79. The lowest BCUT2D eigenvalue weighted by Crippen LogP contribution is -2.22. The maximum absolute atomic E-state index is 15.2. The Morgan fingerprint density at radius 1 is 1.11 bits per heavy atom. The molecule has 222 valence electrons. The Hall–Kier alpha value is -5.35. The number of carbonyl (C=O) groups excluding carboxylic acids is 1. The molecular weight excluding hydrogens is 561 g/mol. The molecule has 9 nitrogen and oxygen atoms in total. The molecule has 0 aliphatic heterocycles. The second-order valence-corrected chi connectivity index (χ2v) is 10.8. The van der Waals surface area contributed by atoms with Gasteiger partial charge in [-0.2, -0.15) is 0 Å². The van der Waals surface area contributed by atoms with Crippen molar-refractivity contribution >= 4 is 28.2 Å². The van der Waals surface area contributed by atoms with Crippen molar-refractivity contribution in [3.63, 3.8) is 0 Å². The number of hydrogen-bond donors (Lipinski definition) is 3. The van der Waals surface area contributed by atoms with Gasteiger partial charge >= 0.3 is 0 Å². The minimum atomic E-state index is -0.562. The molecule has 0 atom stereocenters. The van der Waals surface area contributed by atoms with Crippen LogP contribution in [0.4, 0.5) is 15.9 Å². The van der Waals surface area contributed by atoms with Crippen molar-refractivity contribution < 1.29 is 14.3 Å². The topological polar surface area (TPSA) is 118 Å². The maximum Gasteiger partial charge on any atom is 0.293 e. The van der Waals surface area contributed by atoms with Gasteiger partial charge in [-0.25, -0.2) is 9.37 Å². The highest BCUT2D eigenvalue weighted by Crippen LogP contribution is 2.41. The number of nitrogens with one attached hydrogen (secondary N) is 2. The summed E-state index contributed by atoms with van der Waals surface area (Å²) in [7, 11) is 1.59. The third kappa shape index (κ3) is 5.55. The number of amides is 1. The molecule has 0 bridgehead atoms. The molecule has 1 aliphatic rings. The molecule has 2 heterocycles. The Bertz CT molecular complexity index is 2060. The standard InChI is InChI=1S/C34H30FN5O4/c1-3-30(42)36-17-20-6-4-7-24(14-20)37-32-34(44)39(2)18-28(38-32)25-8-5-9-29(26(25)19-41)40-13-12-22-15-23(21-10-11-21)16-27(35)31(22)33(40)43/h3-9,12-16,18,21,41H,1,10-11,17,19H2,2H3,(H,36,42)(H,37,38). The van der Waals surface area contributed by atoms with Gasteiger partial charge in [0.05, 0.1) is 23.4 Å².